The smallest absolute Gasteiger partial charge is 0.236 e. The third kappa shape index (κ3) is 5.02. The van der Waals surface area contributed by atoms with Gasteiger partial charge in [0.1, 0.15) is 0 Å². The van der Waals surface area contributed by atoms with Gasteiger partial charge in [-0.3, -0.25) is 4.79 Å². The van der Waals surface area contributed by atoms with Gasteiger partial charge in [0.05, 0.1) is 18.8 Å². The SMILES string of the molecule is COCCNC(=O)C(C)NC1CCCCC1O. The summed E-state index contributed by atoms with van der Waals surface area (Å²) in [7, 11) is 1.60. The number of hydrogen-bond acceptors (Lipinski definition) is 4. The lowest BCUT2D eigenvalue weighted by Gasteiger charge is -2.30. The minimum Gasteiger partial charge on any atom is -0.392 e. The van der Waals surface area contributed by atoms with Crippen molar-refractivity contribution < 1.29 is 14.6 Å². The van der Waals surface area contributed by atoms with Crippen LogP contribution < -0.4 is 10.6 Å². The molecule has 0 bridgehead atoms. The molecule has 0 heterocycles. The van der Waals surface area contributed by atoms with E-state index < -0.39 is 0 Å². The lowest BCUT2D eigenvalue weighted by atomic mass is 9.92. The molecule has 0 aromatic rings. The highest BCUT2D eigenvalue weighted by atomic mass is 16.5. The third-order valence-corrected chi connectivity index (χ3v) is 3.19. The van der Waals surface area contributed by atoms with Crippen LogP contribution in [-0.4, -0.2) is 49.5 Å². The van der Waals surface area contributed by atoms with Crippen molar-refractivity contribution in [3.63, 3.8) is 0 Å². The number of carbonyl (C=O) groups is 1. The maximum atomic E-state index is 11.7. The summed E-state index contributed by atoms with van der Waals surface area (Å²) in [5.74, 6) is -0.0418. The van der Waals surface area contributed by atoms with Crippen LogP contribution >= 0.6 is 0 Å². The Balaban J connectivity index is 2.26. The monoisotopic (exact) mass is 244 g/mol. The molecule has 0 radical (unpaired) electrons. The summed E-state index contributed by atoms with van der Waals surface area (Å²) in [6, 6.07) is -0.225. The van der Waals surface area contributed by atoms with Gasteiger partial charge in [-0.05, 0) is 19.8 Å². The van der Waals surface area contributed by atoms with E-state index >= 15 is 0 Å². The fraction of sp³-hybridized carbons (Fsp3) is 0.917. The van der Waals surface area contributed by atoms with Crippen LogP contribution in [0.3, 0.4) is 0 Å². The molecule has 1 rings (SSSR count). The van der Waals surface area contributed by atoms with Gasteiger partial charge in [0.25, 0.3) is 0 Å². The standard InChI is InChI=1S/C12H24N2O3/c1-9(12(16)13-7-8-17-2)14-10-5-3-4-6-11(10)15/h9-11,14-15H,3-8H2,1-2H3,(H,13,16). The van der Waals surface area contributed by atoms with Crippen molar-refractivity contribution in [1.29, 1.82) is 0 Å². The first-order chi connectivity index (χ1) is 8.15. The van der Waals surface area contributed by atoms with Crippen LogP contribution in [0.15, 0.2) is 0 Å². The maximum Gasteiger partial charge on any atom is 0.236 e. The molecule has 0 aromatic carbocycles. The Bertz CT molecular complexity index is 236. The molecule has 17 heavy (non-hydrogen) atoms. The van der Waals surface area contributed by atoms with Gasteiger partial charge < -0.3 is 20.5 Å². The molecule has 5 nitrogen and oxygen atoms in total. The summed E-state index contributed by atoms with van der Waals surface area (Å²) >= 11 is 0. The number of methoxy groups -OCH3 is 1. The molecule has 0 aliphatic heterocycles. The van der Waals surface area contributed by atoms with Gasteiger partial charge in [-0.2, -0.15) is 0 Å². The average Bonchev–Trinajstić information content (AvgIpc) is 2.32. The number of rotatable bonds is 6. The maximum absolute atomic E-state index is 11.7. The molecule has 1 aliphatic carbocycles. The van der Waals surface area contributed by atoms with Crippen LogP contribution in [0.2, 0.25) is 0 Å². The first kappa shape index (κ1) is 14.4. The van der Waals surface area contributed by atoms with Crippen molar-refractivity contribution in [3.8, 4) is 0 Å². The molecule has 100 valence electrons. The van der Waals surface area contributed by atoms with Crippen LogP contribution in [0.1, 0.15) is 32.6 Å². The first-order valence-electron chi connectivity index (χ1n) is 6.36. The van der Waals surface area contributed by atoms with Gasteiger partial charge in [0, 0.05) is 19.7 Å². The van der Waals surface area contributed by atoms with Crippen molar-refractivity contribution in [2.45, 2.75) is 50.8 Å². The number of nitrogens with one attached hydrogen (secondary N) is 2. The van der Waals surface area contributed by atoms with E-state index in [0.29, 0.717) is 13.2 Å². The number of amides is 1. The number of ether oxygens (including phenoxy) is 1. The molecule has 1 amide bonds. The van der Waals surface area contributed by atoms with E-state index in [-0.39, 0.29) is 24.1 Å². The third-order valence-electron chi connectivity index (χ3n) is 3.19. The molecule has 0 spiro atoms. The summed E-state index contributed by atoms with van der Waals surface area (Å²) in [6.45, 7) is 2.86. The molecule has 3 atom stereocenters. The minimum atomic E-state index is -0.321. The van der Waals surface area contributed by atoms with Crippen LogP contribution in [0.4, 0.5) is 0 Å². The first-order valence-corrected chi connectivity index (χ1v) is 6.36. The molecular formula is C12H24N2O3. The number of carbonyl (C=O) groups excluding carboxylic acids is 1. The van der Waals surface area contributed by atoms with Gasteiger partial charge in [0.2, 0.25) is 5.91 Å². The summed E-state index contributed by atoms with van der Waals surface area (Å²) in [5.41, 5.74) is 0. The summed E-state index contributed by atoms with van der Waals surface area (Å²) in [4.78, 5) is 11.7. The fourth-order valence-corrected chi connectivity index (χ4v) is 2.13. The van der Waals surface area contributed by atoms with E-state index in [1.165, 1.54) is 0 Å². The Morgan fingerprint density at radius 2 is 2.18 bits per heavy atom. The summed E-state index contributed by atoms with van der Waals surface area (Å²) in [5, 5.41) is 15.8. The molecule has 5 heteroatoms. The van der Waals surface area contributed by atoms with Gasteiger partial charge in [-0.25, -0.2) is 0 Å². The lowest BCUT2D eigenvalue weighted by molar-refractivity contribution is -0.123. The van der Waals surface area contributed by atoms with Crippen molar-refractivity contribution >= 4 is 5.91 Å². The van der Waals surface area contributed by atoms with Crippen molar-refractivity contribution in [2.24, 2.45) is 0 Å². The zero-order chi connectivity index (χ0) is 12.7. The Hall–Kier alpha value is -0.650. The second-order valence-corrected chi connectivity index (χ2v) is 4.63. The van der Waals surface area contributed by atoms with Gasteiger partial charge in [-0.1, -0.05) is 12.8 Å². The van der Waals surface area contributed by atoms with Gasteiger partial charge in [-0.15, -0.1) is 0 Å². The van der Waals surface area contributed by atoms with Crippen molar-refractivity contribution in [2.75, 3.05) is 20.3 Å². The van der Waals surface area contributed by atoms with Crippen LogP contribution in [0.25, 0.3) is 0 Å². The number of aliphatic hydroxyl groups excluding tert-OH is 1. The minimum absolute atomic E-state index is 0.0418. The lowest BCUT2D eigenvalue weighted by Crippen LogP contribution is -2.51. The fourth-order valence-electron chi connectivity index (χ4n) is 2.13. The predicted octanol–water partition coefficient (Wildman–Crippen LogP) is 0.0306. The molecule has 1 fully saturated rings. The zero-order valence-electron chi connectivity index (χ0n) is 10.7. The van der Waals surface area contributed by atoms with E-state index in [2.05, 4.69) is 10.6 Å². The average molecular weight is 244 g/mol. The van der Waals surface area contributed by atoms with Crippen LogP contribution in [0.5, 0.6) is 0 Å². The highest BCUT2D eigenvalue weighted by Crippen LogP contribution is 2.18. The Morgan fingerprint density at radius 1 is 1.47 bits per heavy atom. The molecule has 0 saturated heterocycles. The molecule has 3 unspecified atom stereocenters. The summed E-state index contributed by atoms with van der Waals surface area (Å²) in [6.07, 6.45) is 3.64. The molecule has 3 N–H and O–H groups in total. The predicted molar refractivity (Wildman–Crippen MR) is 65.7 cm³/mol. The van der Waals surface area contributed by atoms with Crippen molar-refractivity contribution in [3.05, 3.63) is 0 Å². The number of hydrogen-bond donors (Lipinski definition) is 3. The quantitative estimate of drug-likeness (QED) is 0.577. The molecule has 1 saturated carbocycles. The van der Waals surface area contributed by atoms with Crippen LogP contribution in [-0.2, 0) is 9.53 Å². The Labute approximate surface area is 103 Å². The zero-order valence-corrected chi connectivity index (χ0v) is 10.7. The van der Waals surface area contributed by atoms with Gasteiger partial charge in [0.15, 0.2) is 0 Å². The highest BCUT2D eigenvalue weighted by Gasteiger charge is 2.25. The second kappa shape index (κ2) is 7.63. The molecular weight excluding hydrogens is 220 g/mol. The van der Waals surface area contributed by atoms with E-state index in [4.69, 9.17) is 4.74 Å². The second-order valence-electron chi connectivity index (χ2n) is 4.63. The van der Waals surface area contributed by atoms with E-state index in [1.54, 1.807) is 7.11 Å². The van der Waals surface area contributed by atoms with E-state index in [0.717, 1.165) is 25.7 Å². The van der Waals surface area contributed by atoms with Crippen molar-refractivity contribution in [1.82, 2.24) is 10.6 Å². The van der Waals surface area contributed by atoms with E-state index in [1.807, 2.05) is 6.92 Å². The topological polar surface area (TPSA) is 70.6 Å². The Kier molecular flexibility index (Phi) is 6.47. The summed E-state index contributed by atoms with van der Waals surface area (Å²) < 4.78 is 4.86. The van der Waals surface area contributed by atoms with E-state index in [9.17, 15) is 9.90 Å². The number of aliphatic hydroxyl groups is 1. The molecule has 1 aliphatic rings. The van der Waals surface area contributed by atoms with Crippen LogP contribution in [0, 0.1) is 0 Å². The Morgan fingerprint density at radius 3 is 2.82 bits per heavy atom. The largest absolute Gasteiger partial charge is 0.392 e. The normalized spacial score (nSPS) is 26.5. The molecule has 0 aromatic heterocycles. The highest BCUT2D eigenvalue weighted by molar-refractivity contribution is 5.81. The van der Waals surface area contributed by atoms with Gasteiger partial charge >= 0.3 is 0 Å².